The number of anilines is 1. The quantitative estimate of drug-likeness (QED) is 0.581. The van der Waals surface area contributed by atoms with Crippen LogP contribution in [0.3, 0.4) is 0 Å². The number of H-pyrrole nitrogens is 1. The molecule has 0 radical (unpaired) electrons. The van der Waals surface area contributed by atoms with Crippen LogP contribution in [0.25, 0.3) is 11.0 Å². The molecule has 1 aliphatic carbocycles. The first-order chi connectivity index (χ1) is 13.7. The topological polar surface area (TPSA) is 79.0 Å². The van der Waals surface area contributed by atoms with Crippen LogP contribution in [0.4, 0.5) is 5.82 Å². The number of nitrogens with zero attached hydrogens (tertiary/aromatic N) is 4. The molecule has 1 aliphatic heterocycles. The van der Waals surface area contributed by atoms with Crippen LogP contribution in [0.15, 0.2) is 36.8 Å². The van der Waals surface area contributed by atoms with Crippen LogP contribution in [0.5, 0.6) is 5.75 Å². The minimum atomic E-state index is 0.245. The summed E-state index contributed by atoms with van der Waals surface area (Å²) in [4.78, 5) is 17.9. The third-order valence-corrected chi connectivity index (χ3v) is 6.31. The number of para-hydroxylation sites is 1. The molecule has 2 N–H and O–H groups in total. The summed E-state index contributed by atoms with van der Waals surface area (Å²) in [5, 5.41) is 3.93. The number of nitrogens with one attached hydrogen (secondary N) is 2. The summed E-state index contributed by atoms with van der Waals surface area (Å²) in [6.45, 7) is 1.84. The molecular formula is C19H19ClN6OV. The van der Waals surface area contributed by atoms with Crippen LogP contribution in [-0.4, -0.2) is 49.5 Å². The van der Waals surface area contributed by atoms with Crippen molar-refractivity contribution in [3.8, 4) is 5.75 Å². The Morgan fingerprint density at radius 3 is 2.93 bits per heavy atom. The van der Waals surface area contributed by atoms with Gasteiger partial charge in [-0.25, -0.2) is 0 Å². The Morgan fingerprint density at radius 2 is 2.11 bits per heavy atom. The Balaban J connectivity index is 1.09. The molecule has 0 atom stereocenters. The molecule has 0 spiro atoms. The van der Waals surface area contributed by atoms with Crippen molar-refractivity contribution in [3.05, 3.63) is 42.1 Å². The van der Waals surface area contributed by atoms with E-state index in [9.17, 15) is 0 Å². The molecule has 0 unspecified atom stereocenters. The van der Waals surface area contributed by atoms with Crippen molar-refractivity contribution in [1.29, 1.82) is 0 Å². The van der Waals surface area contributed by atoms with E-state index >= 15 is 0 Å². The Hall–Kier alpha value is -1.93. The zero-order chi connectivity index (χ0) is 19.1. The Bertz CT molecular complexity index is 1010. The van der Waals surface area contributed by atoms with E-state index in [-0.39, 0.29) is 6.10 Å². The predicted octanol–water partition coefficient (Wildman–Crippen LogP) is 2.32. The van der Waals surface area contributed by atoms with E-state index in [1.165, 1.54) is 4.35 Å². The van der Waals surface area contributed by atoms with Crippen LogP contribution >= 0.6 is 11.6 Å². The van der Waals surface area contributed by atoms with Crippen molar-refractivity contribution in [2.45, 2.75) is 25.0 Å². The van der Waals surface area contributed by atoms with Gasteiger partial charge in [0.05, 0.1) is 0 Å². The Kier molecular flexibility index (Phi) is 4.84. The van der Waals surface area contributed by atoms with Gasteiger partial charge in [0.2, 0.25) is 0 Å². The molecule has 1 saturated carbocycles. The van der Waals surface area contributed by atoms with Crippen molar-refractivity contribution < 1.29 is 21.7 Å². The number of halogens is 1. The van der Waals surface area contributed by atoms with Crippen LogP contribution in [0.2, 0.25) is 5.28 Å². The van der Waals surface area contributed by atoms with Crippen molar-refractivity contribution in [2.24, 2.45) is 5.92 Å². The molecule has 2 aromatic heterocycles. The zero-order valence-corrected chi connectivity index (χ0v) is 17.2. The van der Waals surface area contributed by atoms with E-state index in [4.69, 9.17) is 16.3 Å². The van der Waals surface area contributed by atoms with Gasteiger partial charge in [0.15, 0.2) is 0 Å². The number of aromatic nitrogens is 4. The number of rotatable bonds is 6. The third-order valence-electron chi connectivity index (χ3n) is 5.36. The van der Waals surface area contributed by atoms with Gasteiger partial charge in [0.25, 0.3) is 0 Å². The normalized spacial score (nSPS) is 21.9. The summed E-state index contributed by atoms with van der Waals surface area (Å²) in [7, 11) is 0. The molecule has 3 heterocycles. The maximum atomic E-state index is 6.17. The van der Waals surface area contributed by atoms with Gasteiger partial charge in [-0.1, -0.05) is 0 Å². The fourth-order valence-electron chi connectivity index (χ4n) is 3.68. The number of aromatic amines is 1. The number of fused-ring (bicyclic) bond motifs is 1. The van der Waals surface area contributed by atoms with E-state index in [0.29, 0.717) is 17.2 Å². The number of benzene rings is 1. The van der Waals surface area contributed by atoms with E-state index in [1.807, 2.05) is 24.3 Å². The molecule has 2 aliphatic rings. The van der Waals surface area contributed by atoms with E-state index < -0.39 is 0 Å². The van der Waals surface area contributed by atoms with Crippen LogP contribution < -0.4 is 15.0 Å². The van der Waals surface area contributed by atoms with Crippen LogP contribution in [0, 0.1) is 5.92 Å². The summed E-state index contributed by atoms with van der Waals surface area (Å²) >= 11 is 8.57. The third kappa shape index (κ3) is 3.55. The molecule has 1 saturated heterocycles. The molecule has 2 fully saturated rings. The second-order valence-electron chi connectivity index (χ2n) is 7.28. The standard InChI is InChI=1S/C19H19ClN6O.V/c20-19-21-5-4-17(25-19)26-9-13(10-26)22-8-12-6-14(7-12)27-16-3-1-2-15-18(16)24-11-23-15;/h1-5,11-14,22H,6-7,9-10H2,(H,23,24);. The fraction of sp³-hybridized carbons (Fsp3) is 0.368. The van der Waals surface area contributed by atoms with E-state index in [0.717, 1.165) is 48.5 Å². The van der Waals surface area contributed by atoms with E-state index in [2.05, 4.69) is 47.1 Å². The minimum absolute atomic E-state index is 0.245. The SMILES string of the molecule is Clc1nccc(N2CC(N[C](=[V])C3CC(Oc4cccc5[nH]cnc45)C3)C2)n1. The molecule has 9 heteroatoms. The summed E-state index contributed by atoms with van der Waals surface area (Å²) in [6.07, 6.45) is 5.69. The van der Waals surface area contributed by atoms with Crippen molar-refractivity contribution >= 4 is 32.8 Å². The second kappa shape index (κ2) is 7.48. The summed E-state index contributed by atoms with van der Waals surface area (Å²) in [6, 6.07) is 8.32. The molecule has 3 aromatic rings. The molecule has 0 amide bonds. The van der Waals surface area contributed by atoms with Gasteiger partial charge in [-0.05, 0) is 0 Å². The molecule has 28 heavy (non-hydrogen) atoms. The van der Waals surface area contributed by atoms with Gasteiger partial charge in [0.1, 0.15) is 0 Å². The van der Waals surface area contributed by atoms with Crippen LogP contribution in [-0.2, 0) is 17.0 Å². The number of hydrogen-bond donors (Lipinski definition) is 2. The monoisotopic (exact) mass is 433 g/mol. The maximum absolute atomic E-state index is 6.17. The summed E-state index contributed by atoms with van der Waals surface area (Å²) < 4.78 is 7.46. The average Bonchev–Trinajstić information content (AvgIpc) is 3.09. The van der Waals surface area contributed by atoms with Gasteiger partial charge in [-0.15, -0.1) is 0 Å². The molecule has 7 nitrogen and oxygen atoms in total. The molecule has 5 rings (SSSR count). The predicted molar refractivity (Wildman–Crippen MR) is 104 cm³/mol. The van der Waals surface area contributed by atoms with Crippen molar-refractivity contribution in [1.82, 2.24) is 25.3 Å². The van der Waals surface area contributed by atoms with Crippen molar-refractivity contribution in [2.75, 3.05) is 18.0 Å². The first kappa shape index (κ1) is 18.1. The average molecular weight is 434 g/mol. The van der Waals surface area contributed by atoms with Crippen molar-refractivity contribution in [3.63, 3.8) is 0 Å². The fourth-order valence-corrected chi connectivity index (χ4v) is 4.44. The number of hydrogen-bond acceptors (Lipinski definition) is 6. The Labute approximate surface area is 176 Å². The van der Waals surface area contributed by atoms with Gasteiger partial charge in [-0.3, -0.25) is 0 Å². The van der Waals surface area contributed by atoms with E-state index in [1.54, 1.807) is 12.5 Å². The zero-order valence-electron chi connectivity index (χ0n) is 15.0. The summed E-state index contributed by atoms with van der Waals surface area (Å²) in [5.41, 5.74) is 1.91. The molecule has 0 bridgehead atoms. The van der Waals surface area contributed by atoms with Gasteiger partial charge < -0.3 is 0 Å². The van der Waals surface area contributed by atoms with Crippen LogP contribution in [0.1, 0.15) is 12.8 Å². The van der Waals surface area contributed by atoms with Gasteiger partial charge in [0, 0.05) is 0 Å². The second-order valence-corrected chi connectivity index (χ2v) is 8.37. The number of imidazole rings is 1. The first-order valence-corrected chi connectivity index (χ1v) is 10.4. The Morgan fingerprint density at radius 1 is 1.25 bits per heavy atom. The van der Waals surface area contributed by atoms with Gasteiger partial charge in [-0.2, -0.15) is 0 Å². The molecule has 1 aromatic carbocycles. The first-order valence-electron chi connectivity index (χ1n) is 9.30. The van der Waals surface area contributed by atoms with Gasteiger partial charge >= 0.3 is 176 Å². The molecule has 143 valence electrons. The number of ether oxygens (including phenoxy) is 1. The molecular weight excluding hydrogens is 415 g/mol. The summed E-state index contributed by atoms with van der Waals surface area (Å²) in [5.74, 6) is 2.28.